The quantitative estimate of drug-likeness (QED) is 0.383. The summed E-state index contributed by atoms with van der Waals surface area (Å²) >= 11 is 12.9. The molecule has 1 N–H and O–H groups in total. The van der Waals surface area contributed by atoms with Crippen LogP contribution >= 0.6 is 23.2 Å². The van der Waals surface area contributed by atoms with Gasteiger partial charge in [0.25, 0.3) is 5.56 Å². The summed E-state index contributed by atoms with van der Waals surface area (Å²) in [7, 11) is 3.54. The van der Waals surface area contributed by atoms with Crippen LogP contribution in [0.5, 0.6) is 11.5 Å². The van der Waals surface area contributed by atoms with E-state index in [4.69, 9.17) is 27.9 Å². The highest BCUT2D eigenvalue weighted by Crippen LogP contribution is 2.41. The Bertz CT molecular complexity index is 1650. The van der Waals surface area contributed by atoms with Crippen LogP contribution in [0.3, 0.4) is 0 Å². The Morgan fingerprint density at radius 2 is 1.94 bits per heavy atom. The number of fused-ring (bicyclic) bond motifs is 2. The number of nitrogens with zero attached hydrogens (tertiary/aromatic N) is 7. The minimum atomic E-state index is -0.141. The molecule has 1 aliphatic carbocycles. The van der Waals surface area contributed by atoms with Crippen LogP contribution in [0.25, 0.3) is 16.7 Å². The Hall–Kier alpha value is -3.63. The maximum atomic E-state index is 12.7. The van der Waals surface area contributed by atoms with E-state index in [0.717, 1.165) is 18.4 Å². The van der Waals surface area contributed by atoms with E-state index < -0.39 is 0 Å². The molecule has 0 unspecified atom stereocenters. The first kappa shape index (κ1) is 20.9. The molecule has 34 heavy (non-hydrogen) atoms. The molecule has 0 atom stereocenters. The second-order valence-electron chi connectivity index (χ2n) is 8.23. The van der Waals surface area contributed by atoms with Crippen LogP contribution in [0.4, 0.5) is 11.6 Å². The lowest BCUT2D eigenvalue weighted by molar-refractivity contribution is 0.486. The fraction of sp³-hybridized carbons (Fsp3) is 0.227. The van der Waals surface area contributed by atoms with E-state index >= 15 is 0 Å². The predicted octanol–water partition coefficient (Wildman–Crippen LogP) is 4.43. The molecule has 5 aromatic heterocycles. The second kappa shape index (κ2) is 7.71. The minimum absolute atomic E-state index is 0.141. The molecule has 0 radical (unpaired) electrons. The Morgan fingerprint density at radius 1 is 1.12 bits per heavy atom. The van der Waals surface area contributed by atoms with Gasteiger partial charge in [-0.05, 0) is 30.4 Å². The molecule has 0 bridgehead atoms. The van der Waals surface area contributed by atoms with E-state index in [1.165, 1.54) is 12.4 Å². The van der Waals surface area contributed by atoms with Gasteiger partial charge < -0.3 is 19.2 Å². The number of hydrogen-bond donors (Lipinski definition) is 1. The Kier molecular flexibility index (Phi) is 4.75. The van der Waals surface area contributed by atoms with Crippen molar-refractivity contribution in [3.63, 3.8) is 0 Å². The molecular weight excluding hydrogens is 479 g/mol. The smallest absolute Gasteiger partial charge is 0.274 e. The van der Waals surface area contributed by atoms with Crippen LogP contribution in [-0.4, -0.2) is 33.7 Å². The first-order chi connectivity index (χ1) is 16.4. The first-order valence-electron chi connectivity index (χ1n) is 10.5. The fourth-order valence-electron chi connectivity index (χ4n) is 3.96. The van der Waals surface area contributed by atoms with Crippen molar-refractivity contribution in [3.05, 3.63) is 63.1 Å². The zero-order chi connectivity index (χ0) is 23.6. The van der Waals surface area contributed by atoms with Crippen LogP contribution in [0, 0.1) is 0 Å². The summed E-state index contributed by atoms with van der Waals surface area (Å²) in [6.07, 6.45) is 10.4. The third-order valence-corrected chi connectivity index (χ3v) is 6.52. The van der Waals surface area contributed by atoms with Gasteiger partial charge in [-0.2, -0.15) is 10.1 Å². The van der Waals surface area contributed by atoms with Crippen LogP contribution in [0.2, 0.25) is 10.2 Å². The van der Waals surface area contributed by atoms with Crippen molar-refractivity contribution in [2.24, 2.45) is 14.1 Å². The molecule has 0 amide bonds. The molecule has 1 fully saturated rings. The van der Waals surface area contributed by atoms with Gasteiger partial charge in [0.1, 0.15) is 21.7 Å². The lowest BCUT2D eigenvalue weighted by atomic mass is 10.2. The van der Waals surface area contributed by atoms with E-state index in [1.807, 2.05) is 12.3 Å². The minimum Gasteiger partial charge on any atom is -0.450 e. The lowest BCUT2D eigenvalue weighted by Gasteiger charge is -2.10. The highest BCUT2D eigenvalue weighted by atomic mass is 35.5. The summed E-state index contributed by atoms with van der Waals surface area (Å²) in [6, 6.07) is 1.89. The van der Waals surface area contributed by atoms with E-state index in [2.05, 4.69) is 25.4 Å². The van der Waals surface area contributed by atoms with Gasteiger partial charge in [-0.1, -0.05) is 23.2 Å². The normalized spacial score (nSPS) is 13.6. The van der Waals surface area contributed by atoms with Crippen LogP contribution < -0.4 is 15.6 Å². The number of halogens is 2. The molecular formula is C22H18Cl2N8O2. The third-order valence-electron chi connectivity index (χ3n) is 5.88. The van der Waals surface area contributed by atoms with Gasteiger partial charge in [-0.25, -0.2) is 14.5 Å². The highest BCUT2D eigenvalue weighted by Gasteiger charge is 2.25. The summed E-state index contributed by atoms with van der Waals surface area (Å²) in [5, 5.41) is 7.94. The predicted molar refractivity (Wildman–Crippen MR) is 129 cm³/mol. The average Bonchev–Trinajstić information content (AvgIpc) is 3.51. The van der Waals surface area contributed by atoms with Gasteiger partial charge >= 0.3 is 0 Å². The van der Waals surface area contributed by atoms with Gasteiger partial charge in [0.15, 0.2) is 22.3 Å². The number of rotatable bonds is 5. The van der Waals surface area contributed by atoms with Gasteiger partial charge in [0.05, 0.1) is 12.4 Å². The Labute approximate surface area is 202 Å². The molecule has 0 saturated heterocycles. The molecule has 172 valence electrons. The topological polar surface area (TPSA) is 104 Å². The van der Waals surface area contributed by atoms with Crippen molar-refractivity contribution in [3.8, 4) is 11.5 Å². The summed E-state index contributed by atoms with van der Waals surface area (Å²) in [5.41, 5.74) is 2.93. The summed E-state index contributed by atoms with van der Waals surface area (Å²) < 4.78 is 10.9. The van der Waals surface area contributed by atoms with E-state index in [-0.39, 0.29) is 10.7 Å². The highest BCUT2D eigenvalue weighted by molar-refractivity contribution is 6.36. The molecule has 0 aliphatic heterocycles. The summed E-state index contributed by atoms with van der Waals surface area (Å²) in [6.45, 7) is 0. The first-order valence-corrected chi connectivity index (χ1v) is 11.3. The number of ether oxygens (including phenoxy) is 1. The van der Waals surface area contributed by atoms with Crippen molar-refractivity contribution in [1.29, 1.82) is 0 Å². The van der Waals surface area contributed by atoms with Gasteiger partial charge in [-0.15, -0.1) is 0 Å². The van der Waals surface area contributed by atoms with Crippen molar-refractivity contribution < 1.29 is 4.74 Å². The third kappa shape index (κ3) is 3.37. The standard InChI is InChI=1S/C22H18Cl2N8O2/c1-30-10-12(11-3-4-11)7-13(21(30)33)28-22-29-20-18(31(22)2)16(23)14(8-26-20)34-15-9-27-32-6-5-25-19(24)17(15)32/h5-11H,3-4H2,1-2H3,(H,26,28,29). The molecule has 1 aliphatic rings. The molecule has 10 nitrogen and oxygen atoms in total. The molecule has 5 aromatic rings. The number of nitrogens with one attached hydrogen (secondary N) is 1. The summed E-state index contributed by atoms with van der Waals surface area (Å²) in [4.78, 5) is 25.7. The van der Waals surface area contributed by atoms with Crippen molar-refractivity contribution >= 4 is 51.5 Å². The van der Waals surface area contributed by atoms with E-state index in [0.29, 0.717) is 50.8 Å². The second-order valence-corrected chi connectivity index (χ2v) is 8.96. The number of hydrogen-bond acceptors (Lipinski definition) is 7. The zero-order valence-electron chi connectivity index (χ0n) is 18.2. The Balaban J connectivity index is 1.39. The molecule has 1 saturated carbocycles. The number of imidazole rings is 1. The monoisotopic (exact) mass is 496 g/mol. The van der Waals surface area contributed by atoms with E-state index in [9.17, 15) is 4.79 Å². The largest absolute Gasteiger partial charge is 0.450 e. The average molecular weight is 497 g/mol. The van der Waals surface area contributed by atoms with Crippen molar-refractivity contribution in [1.82, 2.24) is 33.7 Å². The van der Waals surface area contributed by atoms with Gasteiger partial charge in [0, 0.05) is 32.7 Å². The van der Waals surface area contributed by atoms with Gasteiger partial charge in [0.2, 0.25) is 5.95 Å². The molecule has 6 rings (SSSR count). The fourth-order valence-corrected chi connectivity index (χ4v) is 4.49. The number of aryl methyl sites for hydroxylation is 2. The zero-order valence-corrected chi connectivity index (χ0v) is 19.7. The summed E-state index contributed by atoms with van der Waals surface area (Å²) in [5.74, 6) is 1.65. The molecule has 5 heterocycles. The Morgan fingerprint density at radius 3 is 2.74 bits per heavy atom. The number of aromatic nitrogens is 7. The van der Waals surface area contributed by atoms with Gasteiger partial charge in [-0.3, -0.25) is 4.79 Å². The lowest BCUT2D eigenvalue weighted by Crippen LogP contribution is -2.20. The number of anilines is 2. The number of pyridine rings is 2. The van der Waals surface area contributed by atoms with Crippen LogP contribution in [-0.2, 0) is 14.1 Å². The molecule has 12 heteroatoms. The van der Waals surface area contributed by atoms with E-state index in [1.54, 1.807) is 40.1 Å². The molecule has 0 spiro atoms. The van der Waals surface area contributed by atoms with Crippen molar-refractivity contribution in [2.75, 3.05) is 5.32 Å². The molecule has 0 aromatic carbocycles. The SMILES string of the molecule is Cn1cc(C2CC2)cc(Nc2nc3ncc(Oc4cnn5ccnc(Cl)c45)c(Cl)c3n2C)c1=O. The van der Waals surface area contributed by atoms with Crippen LogP contribution in [0.15, 0.2) is 41.8 Å². The maximum absolute atomic E-state index is 12.7. The maximum Gasteiger partial charge on any atom is 0.274 e. The van der Waals surface area contributed by atoms with Crippen molar-refractivity contribution in [2.45, 2.75) is 18.8 Å². The van der Waals surface area contributed by atoms with Crippen LogP contribution in [0.1, 0.15) is 24.3 Å².